The molecule has 0 spiro atoms. The Morgan fingerprint density at radius 2 is 0.897 bits per heavy atom. The van der Waals surface area contributed by atoms with E-state index in [0.29, 0.717) is 16.9 Å². The van der Waals surface area contributed by atoms with Crippen LogP contribution in [0.15, 0.2) is 76.5 Å². The molecule has 0 amide bonds. The molecule has 0 aromatic heterocycles. The van der Waals surface area contributed by atoms with Gasteiger partial charge in [0.05, 0.1) is 21.2 Å². The van der Waals surface area contributed by atoms with E-state index in [2.05, 4.69) is 9.44 Å². The number of benzene rings is 3. The van der Waals surface area contributed by atoms with E-state index >= 15 is 0 Å². The highest BCUT2D eigenvalue weighted by Crippen LogP contribution is 2.28. The van der Waals surface area contributed by atoms with E-state index in [-0.39, 0.29) is 9.79 Å². The summed E-state index contributed by atoms with van der Waals surface area (Å²) in [6.45, 7) is 5.40. The third-order valence-electron chi connectivity index (χ3n) is 4.49. The molecule has 0 atom stereocenters. The quantitative estimate of drug-likeness (QED) is 0.613. The van der Waals surface area contributed by atoms with E-state index in [4.69, 9.17) is 0 Å². The first-order valence-corrected chi connectivity index (χ1v) is 11.8. The summed E-state index contributed by atoms with van der Waals surface area (Å²) >= 11 is 0. The standard InChI is InChI=1S/C21H22N2O4S2/c1-15-7-11-18(12-8-15)28(24,25)22-20-5-4-6-21(17(20)3)23-29(26,27)19-13-9-16(2)10-14-19/h4-14,22-23H,1-3H3. The van der Waals surface area contributed by atoms with Crippen LogP contribution in [0.2, 0.25) is 0 Å². The summed E-state index contributed by atoms with van der Waals surface area (Å²) in [5.74, 6) is 0. The first-order valence-electron chi connectivity index (χ1n) is 8.87. The fourth-order valence-corrected chi connectivity index (χ4v) is 4.94. The van der Waals surface area contributed by atoms with Crippen LogP contribution < -0.4 is 9.44 Å². The molecule has 0 unspecified atom stereocenters. The normalized spacial score (nSPS) is 11.8. The number of aryl methyl sites for hydroxylation is 2. The molecule has 0 saturated heterocycles. The van der Waals surface area contributed by atoms with Gasteiger partial charge in [0.1, 0.15) is 0 Å². The molecule has 29 heavy (non-hydrogen) atoms. The fourth-order valence-electron chi connectivity index (χ4n) is 2.70. The van der Waals surface area contributed by atoms with Crippen LogP contribution in [0, 0.1) is 20.8 Å². The summed E-state index contributed by atoms with van der Waals surface area (Å²) in [5.41, 5.74) is 2.98. The minimum absolute atomic E-state index is 0.133. The lowest BCUT2D eigenvalue weighted by molar-refractivity contribution is 0.599. The van der Waals surface area contributed by atoms with Gasteiger partial charge < -0.3 is 0 Å². The molecule has 0 heterocycles. The summed E-state index contributed by atoms with van der Waals surface area (Å²) in [7, 11) is -7.59. The van der Waals surface area contributed by atoms with Crippen LogP contribution >= 0.6 is 0 Å². The van der Waals surface area contributed by atoms with Crippen molar-refractivity contribution in [2.45, 2.75) is 30.6 Å². The number of nitrogens with one attached hydrogen (secondary N) is 2. The largest absolute Gasteiger partial charge is 0.279 e. The van der Waals surface area contributed by atoms with E-state index in [1.165, 1.54) is 24.3 Å². The molecule has 0 fully saturated rings. The Balaban J connectivity index is 1.90. The lowest BCUT2D eigenvalue weighted by atomic mass is 10.2. The van der Waals surface area contributed by atoms with Gasteiger partial charge >= 0.3 is 0 Å². The lowest BCUT2D eigenvalue weighted by Gasteiger charge is -2.15. The molecule has 0 bridgehead atoms. The van der Waals surface area contributed by atoms with Gasteiger partial charge in [-0.1, -0.05) is 41.5 Å². The summed E-state index contributed by atoms with van der Waals surface area (Å²) in [6.07, 6.45) is 0. The Morgan fingerprint density at radius 1 is 0.552 bits per heavy atom. The van der Waals surface area contributed by atoms with Crippen LogP contribution in [0.25, 0.3) is 0 Å². The number of sulfonamides is 2. The minimum Gasteiger partial charge on any atom is -0.279 e. The molecule has 3 aromatic rings. The molecule has 0 aliphatic rings. The summed E-state index contributed by atoms with van der Waals surface area (Å²) in [6, 6.07) is 17.7. The van der Waals surface area contributed by atoms with Gasteiger partial charge in [0.25, 0.3) is 20.0 Å². The van der Waals surface area contributed by atoms with Crippen molar-refractivity contribution < 1.29 is 16.8 Å². The minimum atomic E-state index is -3.80. The van der Waals surface area contributed by atoms with Gasteiger partial charge in [0.2, 0.25) is 0 Å². The van der Waals surface area contributed by atoms with Gasteiger partial charge in [-0.15, -0.1) is 0 Å². The van der Waals surface area contributed by atoms with Crippen LogP contribution in [0.1, 0.15) is 16.7 Å². The number of anilines is 2. The van der Waals surface area contributed by atoms with Crippen molar-refractivity contribution in [1.29, 1.82) is 0 Å². The third kappa shape index (κ3) is 4.78. The molecule has 0 radical (unpaired) electrons. The second kappa shape index (κ2) is 7.88. The van der Waals surface area contributed by atoms with Crippen LogP contribution in [-0.4, -0.2) is 16.8 Å². The molecule has 0 aliphatic carbocycles. The molecule has 0 aliphatic heterocycles. The topological polar surface area (TPSA) is 92.3 Å². The maximum atomic E-state index is 12.7. The van der Waals surface area contributed by atoms with E-state index in [9.17, 15) is 16.8 Å². The predicted octanol–water partition coefficient (Wildman–Crippen LogP) is 4.21. The molecule has 3 rings (SSSR count). The van der Waals surface area contributed by atoms with Gasteiger partial charge in [0, 0.05) is 0 Å². The van der Waals surface area contributed by atoms with Gasteiger partial charge in [0.15, 0.2) is 0 Å². The van der Waals surface area contributed by atoms with Crippen LogP contribution in [0.5, 0.6) is 0 Å². The second-order valence-electron chi connectivity index (χ2n) is 6.82. The molecule has 0 saturated carbocycles. The van der Waals surface area contributed by atoms with Gasteiger partial charge in [-0.3, -0.25) is 9.44 Å². The molecule has 2 N–H and O–H groups in total. The molecular formula is C21H22N2O4S2. The van der Waals surface area contributed by atoms with Crippen molar-refractivity contribution in [1.82, 2.24) is 0 Å². The fraction of sp³-hybridized carbons (Fsp3) is 0.143. The Morgan fingerprint density at radius 3 is 1.24 bits per heavy atom. The Hall–Kier alpha value is -2.84. The maximum Gasteiger partial charge on any atom is 0.261 e. The average Bonchev–Trinajstić information content (AvgIpc) is 2.65. The first-order chi connectivity index (χ1) is 13.6. The Bertz CT molecular complexity index is 1140. The van der Waals surface area contributed by atoms with E-state index in [1.807, 2.05) is 13.8 Å². The van der Waals surface area contributed by atoms with Gasteiger partial charge in [-0.25, -0.2) is 16.8 Å². The highest BCUT2D eigenvalue weighted by atomic mass is 32.2. The van der Waals surface area contributed by atoms with E-state index in [1.54, 1.807) is 49.4 Å². The first kappa shape index (κ1) is 20.9. The highest BCUT2D eigenvalue weighted by molar-refractivity contribution is 7.93. The average molecular weight is 431 g/mol. The van der Waals surface area contributed by atoms with Crippen molar-refractivity contribution >= 4 is 31.4 Å². The number of hydrogen-bond acceptors (Lipinski definition) is 4. The molecule has 8 heteroatoms. The van der Waals surface area contributed by atoms with E-state index < -0.39 is 20.0 Å². The monoisotopic (exact) mass is 430 g/mol. The van der Waals surface area contributed by atoms with Crippen molar-refractivity contribution in [3.05, 3.63) is 83.4 Å². The van der Waals surface area contributed by atoms with E-state index in [0.717, 1.165) is 11.1 Å². The zero-order valence-corrected chi connectivity index (χ0v) is 17.9. The molecular weight excluding hydrogens is 408 g/mol. The predicted molar refractivity (Wildman–Crippen MR) is 115 cm³/mol. The summed E-state index contributed by atoms with van der Waals surface area (Å²) < 4.78 is 55.7. The maximum absolute atomic E-state index is 12.7. The molecule has 152 valence electrons. The van der Waals surface area contributed by atoms with Crippen LogP contribution in [-0.2, 0) is 20.0 Å². The van der Waals surface area contributed by atoms with Gasteiger partial charge in [-0.05, 0) is 62.7 Å². The Labute approximate surface area is 171 Å². The molecule has 3 aromatic carbocycles. The van der Waals surface area contributed by atoms with Crippen LogP contribution in [0.3, 0.4) is 0 Å². The highest BCUT2D eigenvalue weighted by Gasteiger charge is 2.19. The second-order valence-corrected chi connectivity index (χ2v) is 10.2. The van der Waals surface area contributed by atoms with Gasteiger partial charge in [-0.2, -0.15) is 0 Å². The number of hydrogen-bond donors (Lipinski definition) is 2. The smallest absolute Gasteiger partial charge is 0.261 e. The SMILES string of the molecule is Cc1ccc(S(=O)(=O)Nc2cccc(NS(=O)(=O)c3ccc(C)cc3)c2C)cc1. The van der Waals surface area contributed by atoms with Crippen LogP contribution in [0.4, 0.5) is 11.4 Å². The van der Waals surface area contributed by atoms with Crippen molar-refractivity contribution in [2.24, 2.45) is 0 Å². The summed E-state index contributed by atoms with van der Waals surface area (Å²) in [5, 5.41) is 0. The van der Waals surface area contributed by atoms with Crippen molar-refractivity contribution in [3.8, 4) is 0 Å². The number of rotatable bonds is 6. The molecule has 6 nitrogen and oxygen atoms in total. The zero-order valence-electron chi connectivity index (χ0n) is 16.3. The third-order valence-corrected chi connectivity index (χ3v) is 7.25. The lowest BCUT2D eigenvalue weighted by Crippen LogP contribution is -2.16. The van der Waals surface area contributed by atoms with Crippen molar-refractivity contribution in [2.75, 3.05) is 9.44 Å². The zero-order chi connectivity index (χ0) is 21.2. The van der Waals surface area contributed by atoms with Crippen molar-refractivity contribution in [3.63, 3.8) is 0 Å². The summed E-state index contributed by atoms with van der Waals surface area (Å²) in [4.78, 5) is 0.265. The Kier molecular flexibility index (Phi) is 5.68.